The standard InChI is InChI=1S/C17H26N2O3/c1-13-8-7-9-14(15(13)20)12-18-10-5-6-11-19-16(21)22-17(2,3)4/h5-9,18,20H,10-12H2,1-4H3,(H,19,21)/b6-5+. The van der Waals surface area contributed by atoms with E-state index in [1.807, 2.05) is 58.0 Å². The van der Waals surface area contributed by atoms with Crippen LogP contribution in [0.15, 0.2) is 30.4 Å². The summed E-state index contributed by atoms with van der Waals surface area (Å²) in [5, 5.41) is 15.7. The Labute approximate surface area is 132 Å². The van der Waals surface area contributed by atoms with Crippen molar-refractivity contribution in [3.63, 3.8) is 0 Å². The van der Waals surface area contributed by atoms with Crippen LogP contribution in [-0.2, 0) is 11.3 Å². The predicted octanol–water partition coefficient (Wildman–Crippen LogP) is 2.87. The zero-order valence-electron chi connectivity index (χ0n) is 13.8. The number of amides is 1. The molecular formula is C17H26N2O3. The van der Waals surface area contributed by atoms with Crippen LogP contribution in [0.2, 0.25) is 0 Å². The Kier molecular flexibility index (Phi) is 6.92. The Morgan fingerprint density at radius 1 is 1.27 bits per heavy atom. The molecule has 1 rings (SSSR count). The Bertz CT molecular complexity index is 519. The van der Waals surface area contributed by atoms with Crippen molar-refractivity contribution in [2.24, 2.45) is 0 Å². The molecule has 0 heterocycles. The first-order chi connectivity index (χ1) is 10.3. The number of ether oxygens (including phenoxy) is 1. The van der Waals surface area contributed by atoms with Gasteiger partial charge >= 0.3 is 6.09 Å². The van der Waals surface area contributed by atoms with Gasteiger partial charge in [-0.3, -0.25) is 0 Å². The Hall–Kier alpha value is -2.01. The van der Waals surface area contributed by atoms with Crippen molar-refractivity contribution < 1.29 is 14.6 Å². The first-order valence-electron chi connectivity index (χ1n) is 7.39. The van der Waals surface area contributed by atoms with E-state index in [2.05, 4.69) is 10.6 Å². The second-order valence-electron chi connectivity index (χ2n) is 6.07. The van der Waals surface area contributed by atoms with Crippen molar-refractivity contribution in [2.75, 3.05) is 13.1 Å². The number of nitrogens with one attached hydrogen (secondary N) is 2. The van der Waals surface area contributed by atoms with Gasteiger partial charge in [0.15, 0.2) is 0 Å². The molecule has 0 saturated carbocycles. The second kappa shape index (κ2) is 8.44. The lowest BCUT2D eigenvalue weighted by Crippen LogP contribution is -2.32. The third-order valence-electron chi connectivity index (χ3n) is 2.83. The summed E-state index contributed by atoms with van der Waals surface area (Å²) in [7, 11) is 0. The number of phenols is 1. The van der Waals surface area contributed by atoms with Crippen LogP contribution in [0.1, 0.15) is 31.9 Å². The fraction of sp³-hybridized carbons (Fsp3) is 0.471. The molecule has 3 N–H and O–H groups in total. The van der Waals surface area contributed by atoms with E-state index in [0.717, 1.165) is 11.1 Å². The summed E-state index contributed by atoms with van der Waals surface area (Å²) in [6.07, 6.45) is 3.35. The molecule has 22 heavy (non-hydrogen) atoms. The minimum Gasteiger partial charge on any atom is -0.507 e. The van der Waals surface area contributed by atoms with Crippen molar-refractivity contribution in [3.8, 4) is 5.75 Å². The van der Waals surface area contributed by atoms with E-state index in [1.54, 1.807) is 0 Å². The molecule has 0 saturated heterocycles. The van der Waals surface area contributed by atoms with Crippen LogP contribution >= 0.6 is 0 Å². The van der Waals surface area contributed by atoms with E-state index in [4.69, 9.17) is 4.74 Å². The molecule has 0 aliphatic rings. The quantitative estimate of drug-likeness (QED) is 0.558. The van der Waals surface area contributed by atoms with E-state index in [9.17, 15) is 9.90 Å². The summed E-state index contributed by atoms with van der Waals surface area (Å²) >= 11 is 0. The van der Waals surface area contributed by atoms with Crippen molar-refractivity contribution >= 4 is 6.09 Å². The van der Waals surface area contributed by atoms with Gasteiger partial charge in [0, 0.05) is 25.2 Å². The third kappa shape index (κ3) is 7.13. The minimum atomic E-state index is -0.481. The molecule has 0 radical (unpaired) electrons. The minimum absolute atomic E-state index is 0.338. The van der Waals surface area contributed by atoms with Gasteiger partial charge in [0.1, 0.15) is 11.4 Å². The molecule has 0 spiro atoms. The molecule has 5 nitrogen and oxygen atoms in total. The molecule has 0 unspecified atom stereocenters. The summed E-state index contributed by atoms with van der Waals surface area (Å²) in [6, 6.07) is 5.69. The van der Waals surface area contributed by atoms with Crippen LogP contribution in [-0.4, -0.2) is 29.9 Å². The van der Waals surface area contributed by atoms with Gasteiger partial charge in [0.25, 0.3) is 0 Å². The van der Waals surface area contributed by atoms with E-state index in [0.29, 0.717) is 25.4 Å². The molecule has 1 amide bonds. The average Bonchev–Trinajstić information content (AvgIpc) is 2.40. The van der Waals surface area contributed by atoms with Gasteiger partial charge in [-0.2, -0.15) is 0 Å². The monoisotopic (exact) mass is 306 g/mol. The van der Waals surface area contributed by atoms with Crippen LogP contribution in [0, 0.1) is 6.92 Å². The van der Waals surface area contributed by atoms with Gasteiger partial charge in [-0.15, -0.1) is 0 Å². The highest BCUT2D eigenvalue weighted by Gasteiger charge is 2.14. The molecule has 0 bridgehead atoms. The number of carbonyl (C=O) groups is 1. The molecule has 0 aromatic heterocycles. The lowest BCUT2D eigenvalue weighted by atomic mass is 10.1. The maximum atomic E-state index is 11.4. The SMILES string of the molecule is Cc1cccc(CNC/C=C/CNC(=O)OC(C)(C)C)c1O. The van der Waals surface area contributed by atoms with E-state index < -0.39 is 11.7 Å². The topological polar surface area (TPSA) is 70.6 Å². The van der Waals surface area contributed by atoms with Crippen LogP contribution in [0.25, 0.3) is 0 Å². The van der Waals surface area contributed by atoms with E-state index in [1.165, 1.54) is 0 Å². The first-order valence-corrected chi connectivity index (χ1v) is 7.39. The molecule has 0 aliphatic heterocycles. The predicted molar refractivity (Wildman–Crippen MR) is 87.9 cm³/mol. The van der Waals surface area contributed by atoms with Gasteiger partial charge in [0.05, 0.1) is 0 Å². The van der Waals surface area contributed by atoms with Crippen molar-refractivity contribution in [1.29, 1.82) is 0 Å². The molecule has 5 heteroatoms. The van der Waals surface area contributed by atoms with E-state index in [-0.39, 0.29) is 0 Å². The Morgan fingerprint density at radius 2 is 1.95 bits per heavy atom. The molecular weight excluding hydrogens is 280 g/mol. The van der Waals surface area contributed by atoms with Crippen LogP contribution in [0.3, 0.4) is 0 Å². The Balaban J connectivity index is 2.19. The fourth-order valence-electron chi connectivity index (χ4n) is 1.78. The summed E-state index contributed by atoms with van der Waals surface area (Å²) in [5.41, 5.74) is 1.27. The summed E-state index contributed by atoms with van der Waals surface area (Å²) in [5.74, 6) is 0.338. The number of benzene rings is 1. The van der Waals surface area contributed by atoms with Gasteiger partial charge in [-0.25, -0.2) is 4.79 Å². The highest BCUT2D eigenvalue weighted by Crippen LogP contribution is 2.20. The first kappa shape index (κ1) is 18.0. The lowest BCUT2D eigenvalue weighted by molar-refractivity contribution is 0.0534. The number of phenolic OH excluding ortho intramolecular Hbond substituents is 1. The Morgan fingerprint density at radius 3 is 2.64 bits per heavy atom. The van der Waals surface area contributed by atoms with Gasteiger partial charge in [-0.1, -0.05) is 30.4 Å². The number of alkyl carbamates (subject to hydrolysis) is 1. The number of para-hydroxylation sites is 1. The molecule has 0 atom stereocenters. The van der Waals surface area contributed by atoms with Crippen molar-refractivity contribution in [1.82, 2.24) is 10.6 Å². The number of hydrogen-bond acceptors (Lipinski definition) is 4. The average molecular weight is 306 g/mol. The molecule has 1 aromatic rings. The fourth-order valence-corrected chi connectivity index (χ4v) is 1.78. The summed E-state index contributed by atoms with van der Waals surface area (Å²) in [6.45, 7) is 9.03. The lowest BCUT2D eigenvalue weighted by Gasteiger charge is -2.19. The van der Waals surface area contributed by atoms with Crippen LogP contribution < -0.4 is 10.6 Å². The third-order valence-corrected chi connectivity index (χ3v) is 2.83. The molecule has 122 valence electrons. The molecule has 0 fully saturated rings. The van der Waals surface area contributed by atoms with Crippen molar-refractivity contribution in [2.45, 2.75) is 39.8 Å². The van der Waals surface area contributed by atoms with Crippen LogP contribution in [0.5, 0.6) is 5.75 Å². The van der Waals surface area contributed by atoms with Gasteiger partial charge in [0.2, 0.25) is 0 Å². The van der Waals surface area contributed by atoms with Gasteiger partial charge in [-0.05, 0) is 33.3 Å². The number of rotatable bonds is 6. The van der Waals surface area contributed by atoms with Crippen molar-refractivity contribution in [3.05, 3.63) is 41.5 Å². The number of aryl methyl sites for hydroxylation is 1. The summed E-state index contributed by atoms with van der Waals surface area (Å²) in [4.78, 5) is 11.4. The number of hydrogen-bond donors (Lipinski definition) is 3. The molecule has 1 aromatic carbocycles. The maximum Gasteiger partial charge on any atom is 0.407 e. The highest BCUT2D eigenvalue weighted by atomic mass is 16.6. The van der Waals surface area contributed by atoms with E-state index >= 15 is 0 Å². The number of carbonyl (C=O) groups excluding carboxylic acids is 1. The smallest absolute Gasteiger partial charge is 0.407 e. The largest absolute Gasteiger partial charge is 0.507 e. The zero-order chi connectivity index (χ0) is 16.6. The van der Waals surface area contributed by atoms with Crippen LogP contribution in [0.4, 0.5) is 4.79 Å². The second-order valence-corrected chi connectivity index (χ2v) is 6.07. The zero-order valence-corrected chi connectivity index (χ0v) is 13.8. The maximum absolute atomic E-state index is 11.4. The summed E-state index contributed by atoms with van der Waals surface area (Å²) < 4.78 is 5.12. The normalized spacial score (nSPS) is 11.6. The number of aromatic hydroxyl groups is 1. The molecule has 0 aliphatic carbocycles. The highest BCUT2D eigenvalue weighted by molar-refractivity contribution is 5.67. The van der Waals surface area contributed by atoms with Gasteiger partial charge < -0.3 is 20.5 Å².